The molecule has 6 heteroatoms. The first-order valence-electron chi connectivity index (χ1n) is 7.83. The van der Waals surface area contributed by atoms with Crippen LogP contribution in [0.15, 0.2) is 40.9 Å². The van der Waals surface area contributed by atoms with E-state index in [4.69, 9.17) is 9.47 Å². The normalized spacial score (nSPS) is 17.2. The average molecular weight is 392 g/mol. The predicted octanol–water partition coefficient (Wildman–Crippen LogP) is 4.88. The van der Waals surface area contributed by atoms with Crippen LogP contribution >= 0.6 is 15.9 Å². The number of carbonyl (C=O) groups is 1. The number of halogens is 2. The zero-order chi connectivity index (χ0) is 16.7. The van der Waals surface area contributed by atoms with E-state index >= 15 is 0 Å². The fourth-order valence-corrected chi connectivity index (χ4v) is 3.49. The van der Waals surface area contributed by atoms with Crippen LogP contribution in [0.25, 0.3) is 0 Å². The molecule has 0 bridgehead atoms. The van der Waals surface area contributed by atoms with Gasteiger partial charge in [-0.05, 0) is 43.2 Å². The maximum atomic E-state index is 13.9. The van der Waals surface area contributed by atoms with Gasteiger partial charge in [0, 0.05) is 29.1 Å². The minimum absolute atomic E-state index is 0.0110. The third-order valence-corrected chi connectivity index (χ3v) is 4.83. The number of fused-ring (bicyclic) bond motifs is 1. The number of carbonyl (C=O) groups excluding carboxylic acids is 1. The van der Waals surface area contributed by atoms with Crippen LogP contribution in [0.1, 0.15) is 36.0 Å². The lowest BCUT2D eigenvalue weighted by molar-refractivity contribution is -0.0716. The lowest BCUT2D eigenvalue weighted by Gasteiger charge is -2.21. The Hall–Kier alpha value is -2.08. The first-order chi connectivity index (χ1) is 11.5. The van der Waals surface area contributed by atoms with Crippen molar-refractivity contribution in [1.82, 2.24) is 0 Å². The molecule has 4 rings (SSSR count). The van der Waals surface area contributed by atoms with Gasteiger partial charge in [0.2, 0.25) is 0 Å². The van der Waals surface area contributed by atoms with E-state index in [0.29, 0.717) is 21.7 Å². The Bertz CT molecular complexity index is 818. The highest BCUT2D eigenvalue weighted by Gasteiger charge is 2.44. The zero-order valence-corrected chi connectivity index (χ0v) is 14.4. The first kappa shape index (κ1) is 15.4. The van der Waals surface area contributed by atoms with E-state index in [0.717, 1.165) is 25.7 Å². The predicted molar refractivity (Wildman–Crippen MR) is 91.0 cm³/mol. The topological polar surface area (TPSA) is 47.6 Å². The van der Waals surface area contributed by atoms with Crippen molar-refractivity contribution in [2.45, 2.75) is 31.5 Å². The van der Waals surface area contributed by atoms with Gasteiger partial charge in [-0.15, -0.1) is 0 Å². The largest absolute Gasteiger partial charge is 0.448 e. The van der Waals surface area contributed by atoms with E-state index in [1.165, 1.54) is 12.1 Å². The van der Waals surface area contributed by atoms with Gasteiger partial charge in [0.05, 0.1) is 5.56 Å². The molecule has 1 aliphatic heterocycles. The zero-order valence-electron chi connectivity index (χ0n) is 12.8. The molecular weight excluding hydrogens is 377 g/mol. The summed E-state index contributed by atoms with van der Waals surface area (Å²) in [7, 11) is 0. The Kier molecular flexibility index (Phi) is 3.72. The second-order valence-corrected chi connectivity index (χ2v) is 6.98. The lowest BCUT2D eigenvalue weighted by atomic mass is 10.2. The van der Waals surface area contributed by atoms with E-state index in [1.54, 1.807) is 24.3 Å². The lowest BCUT2D eigenvalue weighted by Crippen LogP contribution is -2.34. The van der Waals surface area contributed by atoms with Gasteiger partial charge < -0.3 is 14.8 Å². The second-order valence-electron chi connectivity index (χ2n) is 6.06. The fraction of sp³-hybridized carbons (Fsp3) is 0.278. The molecular formula is C18H15BrFNO3. The van der Waals surface area contributed by atoms with Crippen molar-refractivity contribution in [2.75, 3.05) is 5.32 Å². The van der Waals surface area contributed by atoms with Gasteiger partial charge in [0.15, 0.2) is 11.5 Å². The third-order valence-electron chi connectivity index (χ3n) is 4.33. The molecule has 124 valence electrons. The first-order valence-corrected chi connectivity index (χ1v) is 8.62. The van der Waals surface area contributed by atoms with Crippen LogP contribution in [-0.2, 0) is 0 Å². The van der Waals surface area contributed by atoms with Crippen LogP contribution in [0.4, 0.5) is 10.1 Å². The summed E-state index contributed by atoms with van der Waals surface area (Å²) in [6.07, 6.45) is 3.90. The highest BCUT2D eigenvalue weighted by molar-refractivity contribution is 9.10. The molecule has 1 heterocycles. The highest BCUT2D eigenvalue weighted by Crippen LogP contribution is 2.47. The van der Waals surface area contributed by atoms with Crippen LogP contribution in [0, 0.1) is 5.82 Å². The summed E-state index contributed by atoms with van der Waals surface area (Å²) >= 11 is 3.17. The van der Waals surface area contributed by atoms with Gasteiger partial charge in [-0.1, -0.05) is 15.9 Å². The standard InChI is InChI=1S/C18H15BrFNO3/c19-11-3-5-13(14(20)9-11)17(22)21-12-4-6-15-16(10-12)24-18(23-15)7-1-2-8-18/h3-6,9-10H,1-2,7-8H2,(H,21,22). The quantitative estimate of drug-likeness (QED) is 0.793. The number of ether oxygens (including phenoxy) is 2. The summed E-state index contributed by atoms with van der Waals surface area (Å²) in [4.78, 5) is 12.3. The number of hydrogen-bond acceptors (Lipinski definition) is 3. The summed E-state index contributed by atoms with van der Waals surface area (Å²) in [6.45, 7) is 0. The Morgan fingerprint density at radius 1 is 1.08 bits per heavy atom. The molecule has 1 N–H and O–H groups in total. The molecule has 24 heavy (non-hydrogen) atoms. The molecule has 0 saturated heterocycles. The molecule has 1 spiro atoms. The van der Waals surface area contributed by atoms with Crippen molar-refractivity contribution in [3.8, 4) is 11.5 Å². The molecule has 1 aliphatic carbocycles. The SMILES string of the molecule is O=C(Nc1ccc2c(c1)OC1(CCCC1)O2)c1ccc(Br)cc1F. The van der Waals surface area contributed by atoms with Crippen LogP contribution < -0.4 is 14.8 Å². The number of hydrogen-bond donors (Lipinski definition) is 1. The molecule has 2 aromatic carbocycles. The fourth-order valence-electron chi connectivity index (χ4n) is 3.16. The highest BCUT2D eigenvalue weighted by atomic mass is 79.9. The number of rotatable bonds is 2. The molecule has 1 amide bonds. The summed E-state index contributed by atoms with van der Waals surface area (Å²) in [5.74, 6) is -0.319. The van der Waals surface area contributed by atoms with Crippen LogP contribution in [0.2, 0.25) is 0 Å². The molecule has 0 atom stereocenters. The monoisotopic (exact) mass is 391 g/mol. The van der Waals surface area contributed by atoms with E-state index in [9.17, 15) is 9.18 Å². The minimum atomic E-state index is -0.576. The summed E-state index contributed by atoms with van der Waals surface area (Å²) in [5, 5.41) is 2.70. The number of amides is 1. The maximum absolute atomic E-state index is 13.9. The number of benzene rings is 2. The number of anilines is 1. The second kappa shape index (κ2) is 5.77. The van der Waals surface area contributed by atoms with Gasteiger partial charge in [-0.25, -0.2) is 4.39 Å². The molecule has 0 aromatic heterocycles. The van der Waals surface area contributed by atoms with Crippen LogP contribution in [0.5, 0.6) is 11.5 Å². The van der Waals surface area contributed by atoms with Gasteiger partial charge in [-0.3, -0.25) is 4.79 Å². The molecule has 4 nitrogen and oxygen atoms in total. The summed E-state index contributed by atoms with van der Waals surface area (Å²) in [6, 6.07) is 9.55. The Morgan fingerprint density at radius 2 is 1.83 bits per heavy atom. The third kappa shape index (κ3) is 2.75. The molecule has 0 radical (unpaired) electrons. The molecule has 0 unspecified atom stereocenters. The van der Waals surface area contributed by atoms with Crippen molar-refractivity contribution in [3.63, 3.8) is 0 Å². The van der Waals surface area contributed by atoms with Crippen molar-refractivity contribution < 1.29 is 18.7 Å². The minimum Gasteiger partial charge on any atom is -0.448 e. The van der Waals surface area contributed by atoms with Gasteiger partial charge >= 0.3 is 0 Å². The van der Waals surface area contributed by atoms with E-state index in [1.807, 2.05) is 0 Å². The van der Waals surface area contributed by atoms with Crippen molar-refractivity contribution in [2.24, 2.45) is 0 Å². The Morgan fingerprint density at radius 3 is 2.58 bits per heavy atom. The van der Waals surface area contributed by atoms with E-state index in [-0.39, 0.29) is 5.56 Å². The van der Waals surface area contributed by atoms with Gasteiger partial charge in [0.25, 0.3) is 11.7 Å². The van der Waals surface area contributed by atoms with Crippen LogP contribution in [0.3, 0.4) is 0 Å². The molecule has 2 aliphatic rings. The summed E-state index contributed by atoms with van der Waals surface area (Å²) < 4.78 is 26.4. The number of nitrogens with one attached hydrogen (secondary N) is 1. The summed E-state index contributed by atoms with van der Waals surface area (Å²) in [5.41, 5.74) is 0.530. The Balaban J connectivity index is 1.53. The molecule has 1 saturated carbocycles. The van der Waals surface area contributed by atoms with Crippen molar-refractivity contribution >= 4 is 27.5 Å². The van der Waals surface area contributed by atoms with E-state index < -0.39 is 17.5 Å². The van der Waals surface area contributed by atoms with Crippen molar-refractivity contribution in [1.29, 1.82) is 0 Å². The van der Waals surface area contributed by atoms with Gasteiger partial charge in [0.1, 0.15) is 5.82 Å². The molecule has 1 fully saturated rings. The maximum Gasteiger partial charge on any atom is 0.258 e. The van der Waals surface area contributed by atoms with Gasteiger partial charge in [-0.2, -0.15) is 0 Å². The Labute approximate surface area is 147 Å². The van der Waals surface area contributed by atoms with Crippen molar-refractivity contribution in [3.05, 3.63) is 52.3 Å². The molecule has 2 aromatic rings. The van der Waals surface area contributed by atoms with Crippen LogP contribution in [-0.4, -0.2) is 11.7 Å². The average Bonchev–Trinajstić information content (AvgIpc) is 3.13. The smallest absolute Gasteiger partial charge is 0.258 e. The van der Waals surface area contributed by atoms with E-state index in [2.05, 4.69) is 21.2 Å².